The Kier molecular flexibility index (Phi) is 5.00. The third-order valence-electron chi connectivity index (χ3n) is 4.13. The zero-order valence-corrected chi connectivity index (χ0v) is 14.7. The van der Waals surface area contributed by atoms with Crippen molar-refractivity contribution in [2.75, 3.05) is 19.3 Å². The van der Waals surface area contributed by atoms with E-state index >= 15 is 0 Å². The van der Waals surface area contributed by atoms with Crippen LogP contribution in [-0.2, 0) is 19.6 Å². The molecule has 1 amide bonds. The number of nitrogens with one attached hydrogen (secondary N) is 1. The molecule has 24 heavy (non-hydrogen) atoms. The first-order valence-corrected chi connectivity index (χ1v) is 9.46. The normalized spacial score (nSPS) is 21.7. The number of carboxylic acids is 1. The molecule has 8 heteroatoms. The van der Waals surface area contributed by atoms with Gasteiger partial charge in [-0.15, -0.1) is 0 Å². The van der Waals surface area contributed by atoms with Crippen molar-refractivity contribution < 1.29 is 23.1 Å². The van der Waals surface area contributed by atoms with E-state index in [0.29, 0.717) is 0 Å². The Bertz CT molecular complexity index is 730. The van der Waals surface area contributed by atoms with Crippen LogP contribution in [-0.4, -0.2) is 55.2 Å². The molecule has 1 aromatic carbocycles. The van der Waals surface area contributed by atoms with E-state index in [0.717, 1.165) is 11.8 Å². The van der Waals surface area contributed by atoms with Gasteiger partial charge in [-0.2, -0.15) is 0 Å². The molecule has 0 aliphatic carbocycles. The summed E-state index contributed by atoms with van der Waals surface area (Å²) in [7, 11) is -3.57. The molecule has 0 saturated carbocycles. The Hall–Kier alpha value is -1.93. The first-order chi connectivity index (χ1) is 11.0. The van der Waals surface area contributed by atoms with Crippen molar-refractivity contribution in [3.05, 3.63) is 35.9 Å². The van der Waals surface area contributed by atoms with Crippen LogP contribution in [0.4, 0.5) is 0 Å². The molecule has 2 unspecified atom stereocenters. The minimum absolute atomic E-state index is 0.0581. The Balaban J connectivity index is 2.24. The summed E-state index contributed by atoms with van der Waals surface area (Å²) >= 11 is 0. The maximum atomic E-state index is 12.7. The number of hydrogen-bond donors (Lipinski definition) is 2. The second kappa shape index (κ2) is 6.52. The highest BCUT2D eigenvalue weighted by Gasteiger charge is 2.44. The van der Waals surface area contributed by atoms with Gasteiger partial charge in [-0.25, -0.2) is 13.1 Å². The smallest absolute Gasteiger partial charge is 0.308 e. The van der Waals surface area contributed by atoms with E-state index in [1.807, 2.05) is 30.3 Å². The highest BCUT2D eigenvalue weighted by molar-refractivity contribution is 7.88. The minimum atomic E-state index is -3.57. The molecule has 1 fully saturated rings. The summed E-state index contributed by atoms with van der Waals surface area (Å²) in [6.07, 6.45) is 0.985. The first-order valence-electron chi connectivity index (χ1n) is 7.57. The topological polar surface area (TPSA) is 104 Å². The lowest BCUT2D eigenvalue weighted by Gasteiger charge is -2.29. The van der Waals surface area contributed by atoms with Crippen molar-refractivity contribution in [2.45, 2.75) is 25.3 Å². The molecule has 2 rings (SSSR count). The monoisotopic (exact) mass is 354 g/mol. The van der Waals surface area contributed by atoms with Crippen molar-refractivity contribution in [1.82, 2.24) is 9.62 Å². The van der Waals surface area contributed by atoms with Crippen LogP contribution in [0.2, 0.25) is 0 Å². The van der Waals surface area contributed by atoms with E-state index in [1.165, 1.54) is 18.7 Å². The molecule has 1 aromatic rings. The number of likely N-dealkylation sites (tertiary alicyclic amines) is 1. The number of carboxylic acid groups (broad SMARTS) is 1. The summed E-state index contributed by atoms with van der Waals surface area (Å²) < 4.78 is 25.2. The molecule has 1 aliphatic heterocycles. The quantitative estimate of drug-likeness (QED) is 0.808. The molecule has 0 radical (unpaired) electrons. The largest absolute Gasteiger partial charge is 0.481 e. The van der Waals surface area contributed by atoms with Gasteiger partial charge in [0.15, 0.2) is 0 Å². The molecule has 132 valence electrons. The van der Waals surface area contributed by atoms with Gasteiger partial charge in [0.25, 0.3) is 0 Å². The van der Waals surface area contributed by atoms with Crippen LogP contribution >= 0.6 is 0 Å². The van der Waals surface area contributed by atoms with Crippen molar-refractivity contribution >= 4 is 21.9 Å². The Morgan fingerprint density at radius 2 is 1.79 bits per heavy atom. The number of rotatable bonds is 5. The van der Waals surface area contributed by atoms with Gasteiger partial charge in [-0.1, -0.05) is 30.3 Å². The molecule has 1 heterocycles. The molecule has 0 bridgehead atoms. The van der Waals surface area contributed by atoms with Gasteiger partial charge in [0.2, 0.25) is 15.9 Å². The fourth-order valence-corrected chi connectivity index (χ4v) is 4.17. The molecule has 0 aromatic heterocycles. The average Bonchev–Trinajstić information content (AvgIpc) is 2.90. The van der Waals surface area contributed by atoms with Crippen LogP contribution in [0.25, 0.3) is 0 Å². The summed E-state index contributed by atoms with van der Waals surface area (Å²) in [5.74, 6) is -2.43. The number of sulfonamides is 1. The minimum Gasteiger partial charge on any atom is -0.481 e. The number of aliphatic carboxylic acids is 1. The van der Waals surface area contributed by atoms with Gasteiger partial charge in [0, 0.05) is 19.0 Å². The SMILES string of the molecule is CC(C)(NS(C)(=O)=O)C(=O)N1CC(C(=O)O)C(c2ccccc2)C1. The standard InChI is InChI=1S/C16H22N2O5S/c1-16(2,17-24(3,22)23)15(21)18-9-12(13(10-18)14(19)20)11-7-5-4-6-8-11/h4-8,12-13,17H,9-10H2,1-3H3,(H,19,20). The lowest BCUT2D eigenvalue weighted by molar-refractivity contribution is -0.142. The van der Waals surface area contributed by atoms with Gasteiger partial charge in [0.05, 0.1) is 12.2 Å². The van der Waals surface area contributed by atoms with Crippen molar-refractivity contribution in [1.29, 1.82) is 0 Å². The lowest BCUT2D eigenvalue weighted by Crippen LogP contribution is -2.55. The van der Waals surface area contributed by atoms with E-state index in [-0.39, 0.29) is 19.0 Å². The molecular formula is C16H22N2O5S. The van der Waals surface area contributed by atoms with E-state index in [9.17, 15) is 23.1 Å². The molecule has 0 spiro atoms. The fourth-order valence-electron chi connectivity index (χ4n) is 3.16. The average molecular weight is 354 g/mol. The van der Waals surface area contributed by atoms with Gasteiger partial charge in [0.1, 0.15) is 5.54 Å². The number of hydrogen-bond acceptors (Lipinski definition) is 4. The summed E-state index contributed by atoms with van der Waals surface area (Å²) in [5.41, 5.74) is -0.476. The number of amides is 1. The van der Waals surface area contributed by atoms with Crippen molar-refractivity contribution in [2.24, 2.45) is 5.92 Å². The Morgan fingerprint density at radius 1 is 1.21 bits per heavy atom. The molecule has 1 saturated heterocycles. The third-order valence-corrected chi connectivity index (χ3v) is 5.01. The Morgan fingerprint density at radius 3 is 2.29 bits per heavy atom. The Labute approximate surface area is 141 Å². The van der Waals surface area contributed by atoms with Crippen LogP contribution in [0.3, 0.4) is 0 Å². The second-order valence-corrected chi connectivity index (χ2v) is 8.42. The number of nitrogens with zero attached hydrogens (tertiary/aromatic N) is 1. The zero-order valence-electron chi connectivity index (χ0n) is 13.9. The van der Waals surface area contributed by atoms with Crippen LogP contribution in [0, 0.1) is 5.92 Å². The number of carbonyl (C=O) groups is 2. The van der Waals surface area contributed by atoms with Gasteiger partial charge >= 0.3 is 5.97 Å². The van der Waals surface area contributed by atoms with E-state index < -0.39 is 33.4 Å². The lowest BCUT2D eigenvalue weighted by atomic mass is 9.89. The van der Waals surface area contributed by atoms with Crippen LogP contribution in [0.1, 0.15) is 25.3 Å². The molecule has 1 aliphatic rings. The summed E-state index contributed by atoms with van der Waals surface area (Å²) in [5, 5.41) is 9.48. The molecular weight excluding hydrogens is 332 g/mol. The van der Waals surface area contributed by atoms with Gasteiger partial charge in [-0.3, -0.25) is 9.59 Å². The maximum absolute atomic E-state index is 12.7. The van der Waals surface area contributed by atoms with Crippen LogP contribution in [0.15, 0.2) is 30.3 Å². The van der Waals surface area contributed by atoms with Gasteiger partial charge in [-0.05, 0) is 19.4 Å². The summed E-state index contributed by atoms with van der Waals surface area (Å²) in [4.78, 5) is 25.7. The zero-order chi connectivity index (χ0) is 18.1. The number of benzene rings is 1. The van der Waals surface area contributed by atoms with E-state index in [2.05, 4.69) is 4.72 Å². The first kappa shape index (κ1) is 18.4. The van der Waals surface area contributed by atoms with Crippen LogP contribution < -0.4 is 4.72 Å². The molecule has 2 N–H and O–H groups in total. The van der Waals surface area contributed by atoms with E-state index in [4.69, 9.17) is 0 Å². The van der Waals surface area contributed by atoms with Crippen LogP contribution in [0.5, 0.6) is 0 Å². The van der Waals surface area contributed by atoms with Gasteiger partial charge < -0.3 is 10.0 Å². The summed E-state index contributed by atoms with van der Waals surface area (Å²) in [6, 6.07) is 9.18. The number of carbonyl (C=O) groups excluding carboxylic acids is 1. The van der Waals surface area contributed by atoms with Crippen molar-refractivity contribution in [3.8, 4) is 0 Å². The molecule has 2 atom stereocenters. The second-order valence-electron chi connectivity index (χ2n) is 6.67. The van der Waals surface area contributed by atoms with Crippen molar-refractivity contribution in [3.63, 3.8) is 0 Å². The molecule has 7 nitrogen and oxygen atoms in total. The maximum Gasteiger partial charge on any atom is 0.308 e. The highest BCUT2D eigenvalue weighted by Crippen LogP contribution is 2.34. The summed E-state index contributed by atoms with van der Waals surface area (Å²) in [6.45, 7) is 3.25. The predicted octanol–water partition coefficient (Wildman–Crippen LogP) is 0.641. The third kappa shape index (κ3) is 4.12. The van der Waals surface area contributed by atoms with E-state index in [1.54, 1.807) is 0 Å². The highest BCUT2D eigenvalue weighted by atomic mass is 32.2. The predicted molar refractivity (Wildman–Crippen MR) is 88.9 cm³/mol. The fraction of sp³-hybridized carbons (Fsp3) is 0.500.